The van der Waals surface area contributed by atoms with Gasteiger partial charge in [0.1, 0.15) is 6.10 Å². The first-order valence-electron chi connectivity index (χ1n) is 10.5. The summed E-state index contributed by atoms with van der Waals surface area (Å²) in [7, 11) is 0. The zero-order valence-electron chi connectivity index (χ0n) is 17.4. The number of nitrogens with zero attached hydrogens (tertiary/aromatic N) is 1. The standard InChI is InChI=1S/C26H29NO3/c1-21(30-26(29)20-18-22-11-5-2-6-12-22)17-19-25(28)27(23-13-7-3-8-14-23)24-15-9-4-10-16-24/h3-4,7-11,13-21,25,28H,2,5-6,12H2,1H3/b19-17-,20-18+/t21-,25?/m1/s1. The third-order valence-corrected chi connectivity index (χ3v) is 4.95. The van der Waals surface area contributed by atoms with Crippen LogP contribution in [0, 0.1) is 0 Å². The molecular weight excluding hydrogens is 374 g/mol. The number of ether oxygens (including phenoxy) is 1. The lowest BCUT2D eigenvalue weighted by atomic mass is 9.99. The summed E-state index contributed by atoms with van der Waals surface area (Å²) in [6.07, 6.45) is 12.0. The summed E-state index contributed by atoms with van der Waals surface area (Å²) in [5.74, 6) is -0.379. The molecule has 156 valence electrons. The number of para-hydroxylation sites is 2. The van der Waals surface area contributed by atoms with E-state index in [0.717, 1.165) is 24.2 Å². The highest BCUT2D eigenvalue weighted by molar-refractivity contribution is 5.82. The molecule has 0 aliphatic heterocycles. The molecule has 0 aromatic heterocycles. The van der Waals surface area contributed by atoms with Crippen LogP contribution >= 0.6 is 0 Å². The number of benzene rings is 2. The normalized spacial score (nSPS) is 16.3. The third kappa shape index (κ3) is 6.46. The number of hydrogen-bond acceptors (Lipinski definition) is 4. The zero-order valence-corrected chi connectivity index (χ0v) is 17.4. The van der Waals surface area contributed by atoms with E-state index >= 15 is 0 Å². The fraction of sp³-hybridized carbons (Fsp3) is 0.269. The van der Waals surface area contributed by atoms with E-state index in [-0.39, 0.29) is 5.97 Å². The molecule has 0 fully saturated rings. The van der Waals surface area contributed by atoms with Crippen LogP contribution in [0.3, 0.4) is 0 Å². The lowest BCUT2D eigenvalue weighted by Gasteiger charge is -2.28. The maximum Gasteiger partial charge on any atom is 0.331 e. The fourth-order valence-corrected chi connectivity index (χ4v) is 3.42. The zero-order chi connectivity index (χ0) is 21.2. The molecule has 0 amide bonds. The molecular formula is C26H29NO3. The van der Waals surface area contributed by atoms with Crippen molar-refractivity contribution in [2.45, 2.75) is 44.9 Å². The molecule has 1 aliphatic carbocycles. The van der Waals surface area contributed by atoms with Crippen molar-refractivity contribution in [3.05, 3.63) is 96.6 Å². The average Bonchev–Trinajstić information content (AvgIpc) is 2.79. The summed E-state index contributed by atoms with van der Waals surface area (Å²) in [5.41, 5.74) is 2.93. The molecule has 4 nitrogen and oxygen atoms in total. The van der Waals surface area contributed by atoms with E-state index in [9.17, 15) is 9.90 Å². The molecule has 3 rings (SSSR count). The summed E-state index contributed by atoms with van der Waals surface area (Å²) in [6.45, 7) is 1.78. The number of hydrogen-bond donors (Lipinski definition) is 1. The van der Waals surface area contributed by atoms with Crippen molar-refractivity contribution in [2.75, 3.05) is 4.90 Å². The molecule has 2 atom stereocenters. The second-order valence-corrected chi connectivity index (χ2v) is 7.34. The largest absolute Gasteiger partial charge is 0.455 e. The van der Waals surface area contributed by atoms with Crippen molar-refractivity contribution in [2.24, 2.45) is 0 Å². The van der Waals surface area contributed by atoms with Gasteiger partial charge >= 0.3 is 5.97 Å². The number of anilines is 2. The van der Waals surface area contributed by atoms with E-state index in [4.69, 9.17) is 4.74 Å². The third-order valence-electron chi connectivity index (χ3n) is 4.95. The molecule has 2 aromatic carbocycles. The molecule has 30 heavy (non-hydrogen) atoms. The van der Waals surface area contributed by atoms with Gasteiger partial charge < -0.3 is 14.7 Å². The van der Waals surface area contributed by atoms with Gasteiger partial charge in [0.05, 0.1) is 0 Å². The molecule has 1 N–H and O–H groups in total. The van der Waals surface area contributed by atoms with Gasteiger partial charge in [0.25, 0.3) is 0 Å². The summed E-state index contributed by atoms with van der Waals surface area (Å²) in [5, 5.41) is 10.8. The minimum absolute atomic E-state index is 0.379. The lowest BCUT2D eigenvalue weighted by molar-refractivity contribution is -0.140. The van der Waals surface area contributed by atoms with Crippen LogP contribution in [-0.2, 0) is 9.53 Å². The Morgan fingerprint density at radius 2 is 1.63 bits per heavy atom. The molecule has 0 heterocycles. The van der Waals surface area contributed by atoms with Gasteiger partial charge in [0.15, 0.2) is 6.23 Å². The minimum atomic E-state index is -0.904. The van der Waals surface area contributed by atoms with Gasteiger partial charge in [-0.3, -0.25) is 0 Å². The van der Waals surface area contributed by atoms with Crippen molar-refractivity contribution in [3.8, 4) is 0 Å². The molecule has 4 heteroatoms. The second-order valence-electron chi connectivity index (χ2n) is 7.34. The lowest BCUT2D eigenvalue weighted by Crippen LogP contribution is -2.29. The minimum Gasteiger partial charge on any atom is -0.455 e. The van der Waals surface area contributed by atoms with Crippen LogP contribution in [-0.4, -0.2) is 23.4 Å². The Kier molecular flexibility index (Phi) is 8.04. The number of esters is 1. The van der Waals surface area contributed by atoms with Gasteiger partial charge in [0, 0.05) is 17.5 Å². The number of allylic oxidation sites excluding steroid dienone is 3. The molecule has 1 unspecified atom stereocenters. The van der Waals surface area contributed by atoms with E-state index in [1.54, 1.807) is 19.1 Å². The van der Waals surface area contributed by atoms with Crippen LogP contribution in [0.4, 0.5) is 11.4 Å². The number of rotatable bonds is 8. The van der Waals surface area contributed by atoms with Crippen LogP contribution in [0.1, 0.15) is 32.6 Å². The Labute approximate surface area is 178 Å². The second kappa shape index (κ2) is 11.2. The maximum absolute atomic E-state index is 12.1. The first kappa shape index (κ1) is 21.6. The van der Waals surface area contributed by atoms with Crippen LogP contribution in [0.25, 0.3) is 0 Å². The highest BCUT2D eigenvalue weighted by atomic mass is 16.5. The van der Waals surface area contributed by atoms with Gasteiger partial charge in [-0.1, -0.05) is 54.1 Å². The van der Waals surface area contributed by atoms with Crippen molar-refractivity contribution < 1.29 is 14.6 Å². The quantitative estimate of drug-likeness (QED) is 0.266. The Morgan fingerprint density at radius 1 is 1.00 bits per heavy atom. The highest BCUT2D eigenvalue weighted by Crippen LogP contribution is 2.27. The first-order chi connectivity index (χ1) is 14.6. The van der Waals surface area contributed by atoms with Crippen LogP contribution < -0.4 is 4.90 Å². The number of carbonyl (C=O) groups excluding carboxylic acids is 1. The average molecular weight is 404 g/mol. The molecule has 1 aliphatic rings. The number of aliphatic hydroxyl groups excluding tert-OH is 1. The predicted molar refractivity (Wildman–Crippen MR) is 121 cm³/mol. The Bertz CT molecular complexity index is 848. The summed E-state index contributed by atoms with van der Waals surface area (Å²) < 4.78 is 5.41. The summed E-state index contributed by atoms with van der Waals surface area (Å²) in [4.78, 5) is 13.9. The molecule has 2 aromatic rings. The molecule has 0 spiro atoms. The van der Waals surface area contributed by atoms with Gasteiger partial charge in [0.2, 0.25) is 0 Å². The first-order valence-corrected chi connectivity index (χ1v) is 10.5. The maximum atomic E-state index is 12.1. The topological polar surface area (TPSA) is 49.8 Å². The monoisotopic (exact) mass is 403 g/mol. The van der Waals surface area contributed by atoms with Gasteiger partial charge in [-0.2, -0.15) is 0 Å². The molecule has 0 saturated carbocycles. The van der Waals surface area contributed by atoms with Crippen molar-refractivity contribution in [1.29, 1.82) is 0 Å². The van der Waals surface area contributed by atoms with Gasteiger partial charge in [-0.25, -0.2) is 4.79 Å². The Morgan fingerprint density at radius 3 is 2.20 bits per heavy atom. The van der Waals surface area contributed by atoms with Crippen LogP contribution in [0.5, 0.6) is 0 Å². The SMILES string of the molecule is C[C@H](/C=C\C(O)N(c1ccccc1)c1ccccc1)OC(=O)/C=C/C1=CCCCC1. The summed E-state index contributed by atoms with van der Waals surface area (Å²) in [6, 6.07) is 19.4. The molecule has 0 radical (unpaired) electrons. The van der Waals surface area contributed by atoms with E-state index in [0.29, 0.717) is 0 Å². The van der Waals surface area contributed by atoms with E-state index < -0.39 is 12.3 Å². The van der Waals surface area contributed by atoms with E-state index in [1.165, 1.54) is 24.5 Å². The highest BCUT2D eigenvalue weighted by Gasteiger charge is 2.16. The van der Waals surface area contributed by atoms with E-state index in [1.807, 2.05) is 71.6 Å². The Hall–Kier alpha value is -3.11. The summed E-state index contributed by atoms with van der Waals surface area (Å²) >= 11 is 0. The van der Waals surface area contributed by atoms with Crippen molar-refractivity contribution in [1.82, 2.24) is 0 Å². The number of aliphatic hydroxyl groups is 1. The van der Waals surface area contributed by atoms with Crippen LogP contribution in [0.2, 0.25) is 0 Å². The fourth-order valence-electron chi connectivity index (χ4n) is 3.42. The van der Waals surface area contributed by atoms with Gasteiger partial charge in [-0.05, 0) is 69.0 Å². The molecule has 0 bridgehead atoms. The molecule has 0 saturated heterocycles. The van der Waals surface area contributed by atoms with Crippen molar-refractivity contribution in [3.63, 3.8) is 0 Å². The smallest absolute Gasteiger partial charge is 0.331 e. The van der Waals surface area contributed by atoms with E-state index in [2.05, 4.69) is 6.08 Å². The number of carbonyl (C=O) groups is 1. The van der Waals surface area contributed by atoms with Crippen LogP contribution in [0.15, 0.2) is 96.6 Å². The van der Waals surface area contributed by atoms with Gasteiger partial charge in [-0.15, -0.1) is 0 Å². The Balaban J connectivity index is 1.63. The predicted octanol–water partition coefficient (Wildman–Crippen LogP) is 5.69. The van der Waals surface area contributed by atoms with Crippen molar-refractivity contribution >= 4 is 17.3 Å².